The summed E-state index contributed by atoms with van der Waals surface area (Å²) >= 11 is 0. The fourth-order valence-corrected chi connectivity index (χ4v) is 1.53. The molecule has 5 nitrogen and oxygen atoms in total. The van der Waals surface area contributed by atoms with Crippen LogP contribution in [0.25, 0.3) is 0 Å². The summed E-state index contributed by atoms with van der Waals surface area (Å²) in [7, 11) is 1.31. The molecule has 90 valence electrons. The Morgan fingerprint density at radius 1 is 1.44 bits per heavy atom. The topological polar surface area (TPSA) is 55.8 Å². The van der Waals surface area contributed by atoms with Crippen molar-refractivity contribution in [3.05, 3.63) is 11.6 Å². The first kappa shape index (κ1) is 12.7. The number of hydrogen-bond donors (Lipinski definition) is 0. The summed E-state index contributed by atoms with van der Waals surface area (Å²) in [5, 5.41) is 0. The van der Waals surface area contributed by atoms with Gasteiger partial charge in [-0.3, -0.25) is 4.79 Å². The van der Waals surface area contributed by atoms with E-state index in [1.54, 1.807) is 0 Å². The lowest BCUT2D eigenvalue weighted by Crippen LogP contribution is -2.52. The normalized spacial score (nSPS) is 20.2. The van der Waals surface area contributed by atoms with Crippen LogP contribution in [0, 0.1) is 0 Å². The van der Waals surface area contributed by atoms with Crippen molar-refractivity contribution in [2.45, 2.75) is 19.9 Å². The molecular weight excluding hydrogens is 210 g/mol. The van der Waals surface area contributed by atoms with Crippen molar-refractivity contribution in [2.75, 3.05) is 26.9 Å². The summed E-state index contributed by atoms with van der Waals surface area (Å²) in [6.45, 7) is 4.75. The number of ether oxygens (including phenoxy) is 2. The minimum atomic E-state index is -0.623. The Morgan fingerprint density at radius 2 is 2.12 bits per heavy atom. The van der Waals surface area contributed by atoms with Gasteiger partial charge in [0.15, 0.2) is 6.04 Å². The summed E-state index contributed by atoms with van der Waals surface area (Å²) in [6, 6.07) is -0.623. The van der Waals surface area contributed by atoms with E-state index in [9.17, 15) is 9.59 Å². The molecule has 0 aliphatic carbocycles. The van der Waals surface area contributed by atoms with Crippen LogP contribution >= 0.6 is 0 Å². The van der Waals surface area contributed by atoms with E-state index < -0.39 is 12.0 Å². The molecule has 0 bridgehead atoms. The third-order valence-corrected chi connectivity index (χ3v) is 2.30. The monoisotopic (exact) mass is 227 g/mol. The molecule has 0 radical (unpaired) electrons. The Morgan fingerprint density at radius 3 is 2.69 bits per heavy atom. The fraction of sp³-hybridized carbons (Fsp3) is 0.636. The Hall–Kier alpha value is -1.36. The van der Waals surface area contributed by atoms with Crippen LogP contribution in [0.5, 0.6) is 0 Å². The number of allylic oxidation sites excluding steroid dienone is 1. The van der Waals surface area contributed by atoms with Crippen molar-refractivity contribution in [3.63, 3.8) is 0 Å². The predicted molar refractivity (Wildman–Crippen MR) is 57.8 cm³/mol. The van der Waals surface area contributed by atoms with E-state index in [0.29, 0.717) is 13.2 Å². The lowest BCUT2D eigenvalue weighted by Gasteiger charge is -2.32. The lowest BCUT2D eigenvalue weighted by molar-refractivity contribution is -0.158. The van der Waals surface area contributed by atoms with Gasteiger partial charge in [0.2, 0.25) is 5.91 Å². The van der Waals surface area contributed by atoms with Gasteiger partial charge in [-0.25, -0.2) is 4.79 Å². The SMILES string of the molecule is COC(=O)C1COCCN1C(=O)C=C(C)C. The van der Waals surface area contributed by atoms with Crippen LogP contribution in [0.3, 0.4) is 0 Å². The molecule has 1 aliphatic heterocycles. The predicted octanol–water partition coefficient (Wildman–Crippen LogP) is 0.353. The second-order valence-corrected chi connectivity index (χ2v) is 3.87. The highest BCUT2D eigenvalue weighted by molar-refractivity contribution is 5.92. The molecule has 0 aromatic carbocycles. The van der Waals surface area contributed by atoms with Gasteiger partial charge < -0.3 is 14.4 Å². The third-order valence-electron chi connectivity index (χ3n) is 2.30. The number of hydrogen-bond acceptors (Lipinski definition) is 4. The number of carbonyl (C=O) groups is 2. The average Bonchev–Trinajstić information content (AvgIpc) is 2.27. The standard InChI is InChI=1S/C11H17NO4/c1-8(2)6-10(13)12-4-5-16-7-9(12)11(14)15-3/h6,9H,4-5,7H2,1-3H3. The first-order valence-corrected chi connectivity index (χ1v) is 5.17. The maximum Gasteiger partial charge on any atom is 0.331 e. The summed E-state index contributed by atoms with van der Waals surface area (Å²) in [6.07, 6.45) is 1.52. The second kappa shape index (κ2) is 5.65. The molecular formula is C11H17NO4. The van der Waals surface area contributed by atoms with Gasteiger partial charge in [-0.1, -0.05) is 5.57 Å². The zero-order valence-corrected chi connectivity index (χ0v) is 9.86. The van der Waals surface area contributed by atoms with Gasteiger partial charge in [-0.2, -0.15) is 0 Å². The average molecular weight is 227 g/mol. The van der Waals surface area contributed by atoms with Crippen molar-refractivity contribution >= 4 is 11.9 Å². The van der Waals surface area contributed by atoms with Crippen LogP contribution in [0.4, 0.5) is 0 Å². The van der Waals surface area contributed by atoms with E-state index in [4.69, 9.17) is 4.74 Å². The number of nitrogens with zero attached hydrogens (tertiary/aromatic N) is 1. The Bertz CT molecular complexity index is 307. The summed E-state index contributed by atoms with van der Waals surface area (Å²) in [5.74, 6) is -0.603. The number of carbonyl (C=O) groups excluding carboxylic acids is 2. The van der Waals surface area contributed by atoms with E-state index >= 15 is 0 Å². The smallest absolute Gasteiger partial charge is 0.331 e. The maximum absolute atomic E-state index is 11.8. The molecule has 0 aromatic heterocycles. The van der Waals surface area contributed by atoms with Gasteiger partial charge in [0, 0.05) is 12.6 Å². The largest absolute Gasteiger partial charge is 0.467 e. The molecule has 0 N–H and O–H groups in total. The highest BCUT2D eigenvalue weighted by Crippen LogP contribution is 2.10. The van der Waals surface area contributed by atoms with Crippen LogP contribution in [0.2, 0.25) is 0 Å². The Labute approximate surface area is 95.0 Å². The van der Waals surface area contributed by atoms with Gasteiger partial charge in [0.25, 0.3) is 0 Å². The first-order valence-electron chi connectivity index (χ1n) is 5.17. The highest BCUT2D eigenvalue weighted by atomic mass is 16.5. The van der Waals surface area contributed by atoms with Crippen LogP contribution < -0.4 is 0 Å². The van der Waals surface area contributed by atoms with Gasteiger partial charge in [0.05, 0.1) is 20.3 Å². The zero-order chi connectivity index (χ0) is 12.1. The van der Waals surface area contributed by atoms with Crippen LogP contribution in [0.1, 0.15) is 13.8 Å². The molecule has 0 saturated carbocycles. The summed E-state index contributed by atoms with van der Waals surface area (Å²) < 4.78 is 9.82. The lowest BCUT2D eigenvalue weighted by atomic mass is 10.2. The van der Waals surface area contributed by atoms with Crippen molar-refractivity contribution in [1.82, 2.24) is 4.90 Å². The molecule has 5 heteroatoms. The number of amides is 1. The number of esters is 1. The summed E-state index contributed by atoms with van der Waals surface area (Å²) in [5.41, 5.74) is 0.903. The van der Waals surface area contributed by atoms with Crippen LogP contribution in [-0.4, -0.2) is 49.7 Å². The fourth-order valence-electron chi connectivity index (χ4n) is 1.53. The van der Waals surface area contributed by atoms with Crippen molar-refractivity contribution in [1.29, 1.82) is 0 Å². The second-order valence-electron chi connectivity index (χ2n) is 3.87. The first-order chi connectivity index (χ1) is 7.56. The van der Waals surface area contributed by atoms with Gasteiger partial charge >= 0.3 is 5.97 Å². The Kier molecular flexibility index (Phi) is 4.49. The molecule has 1 saturated heterocycles. The van der Waals surface area contributed by atoms with Gasteiger partial charge in [-0.15, -0.1) is 0 Å². The van der Waals surface area contributed by atoms with E-state index in [1.807, 2.05) is 13.8 Å². The van der Waals surface area contributed by atoms with E-state index in [1.165, 1.54) is 18.1 Å². The highest BCUT2D eigenvalue weighted by Gasteiger charge is 2.32. The number of rotatable bonds is 2. The van der Waals surface area contributed by atoms with Crippen LogP contribution in [-0.2, 0) is 19.1 Å². The van der Waals surface area contributed by atoms with E-state index in [-0.39, 0.29) is 12.5 Å². The molecule has 1 atom stereocenters. The van der Waals surface area contributed by atoms with Gasteiger partial charge in [0.1, 0.15) is 0 Å². The van der Waals surface area contributed by atoms with E-state index in [0.717, 1.165) is 5.57 Å². The molecule has 1 amide bonds. The molecule has 1 fully saturated rings. The molecule has 1 unspecified atom stereocenters. The summed E-state index contributed by atoms with van der Waals surface area (Å²) in [4.78, 5) is 24.8. The quantitative estimate of drug-likeness (QED) is 0.504. The van der Waals surface area contributed by atoms with Gasteiger partial charge in [-0.05, 0) is 13.8 Å². The van der Waals surface area contributed by atoms with Crippen molar-refractivity contribution in [2.24, 2.45) is 0 Å². The molecule has 0 aromatic rings. The molecule has 1 heterocycles. The molecule has 16 heavy (non-hydrogen) atoms. The number of methoxy groups -OCH3 is 1. The molecule has 1 aliphatic rings. The van der Waals surface area contributed by atoms with E-state index in [2.05, 4.69) is 4.74 Å². The minimum absolute atomic E-state index is 0.168. The van der Waals surface area contributed by atoms with Crippen molar-refractivity contribution < 1.29 is 19.1 Å². The maximum atomic E-state index is 11.8. The Balaban J connectivity index is 2.78. The zero-order valence-electron chi connectivity index (χ0n) is 9.86. The van der Waals surface area contributed by atoms with Crippen LogP contribution in [0.15, 0.2) is 11.6 Å². The molecule has 1 rings (SSSR count). The minimum Gasteiger partial charge on any atom is -0.467 e. The van der Waals surface area contributed by atoms with Crippen molar-refractivity contribution in [3.8, 4) is 0 Å². The number of morpholine rings is 1. The third kappa shape index (κ3) is 3.06. The molecule has 0 spiro atoms.